The maximum Gasteiger partial charge on any atom is 0.175 e. The Bertz CT molecular complexity index is 357. The fourth-order valence-corrected chi connectivity index (χ4v) is 1.20. The third-order valence-electron chi connectivity index (χ3n) is 1.57. The SMILES string of the molecule is Cc1cnc(Cl)c2nccn12. The van der Waals surface area contributed by atoms with Crippen LogP contribution < -0.4 is 0 Å². The van der Waals surface area contributed by atoms with Crippen molar-refractivity contribution in [3.8, 4) is 0 Å². The fraction of sp³-hybridized carbons (Fsp3) is 0.143. The minimum absolute atomic E-state index is 0.445. The molecule has 0 unspecified atom stereocenters. The summed E-state index contributed by atoms with van der Waals surface area (Å²) in [5.74, 6) is 0. The van der Waals surface area contributed by atoms with Gasteiger partial charge in [-0.3, -0.25) is 0 Å². The summed E-state index contributed by atoms with van der Waals surface area (Å²) in [7, 11) is 0. The molecule has 0 fully saturated rings. The van der Waals surface area contributed by atoms with Crippen molar-refractivity contribution in [2.45, 2.75) is 6.92 Å². The van der Waals surface area contributed by atoms with Crippen molar-refractivity contribution >= 4 is 17.2 Å². The number of aryl methyl sites for hydroxylation is 1. The highest BCUT2D eigenvalue weighted by Crippen LogP contribution is 2.12. The van der Waals surface area contributed by atoms with Gasteiger partial charge in [0, 0.05) is 24.3 Å². The molecule has 0 radical (unpaired) electrons. The number of rotatable bonds is 0. The second-order valence-corrected chi connectivity index (χ2v) is 2.67. The Labute approximate surface area is 68.7 Å². The first-order chi connectivity index (χ1) is 5.29. The van der Waals surface area contributed by atoms with Crippen LogP contribution in [0.15, 0.2) is 18.6 Å². The van der Waals surface area contributed by atoms with E-state index in [0.29, 0.717) is 10.8 Å². The number of halogens is 1. The van der Waals surface area contributed by atoms with E-state index >= 15 is 0 Å². The highest BCUT2D eigenvalue weighted by Gasteiger charge is 2.01. The molecule has 4 heteroatoms. The molecule has 11 heavy (non-hydrogen) atoms. The first-order valence-electron chi connectivity index (χ1n) is 3.23. The lowest BCUT2D eigenvalue weighted by Gasteiger charge is -1.98. The molecular formula is C7H6ClN3. The Morgan fingerprint density at radius 1 is 1.45 bits per heavy atom. The Hall–Kier alpha value is -1.09. The van der Waals surface area contributed by atoms with Crippen molar-refractivity contribution in [3.05, 3.63) is 29.4 Å². The first-order valence-corrected chi connectivity index (χ1v) is 3.61. The lowest BCUT2D eigenvalue weighted by atomic mass is 10.5. The standard InChI is InChI=1S/C7H6ClN3/c1-5-4-10-6(8)7-9-2-3-11(5)7/h2-4H,1H3. The van der Waals surface area contributed by atoms with Gasteiger partial charge in [-0.05, 0) is 6.92 Å². The van der Waals surface area contributed by atoms with Crippen LogP contribution in [0.4, 0.5) is 0 Å². The maximum atomic E-state index is 5.78. The molecule has 0 spiro atoms. The number of hydrogen-bond acceptors (Lipinski definition) is 2. The summed E-state index contributed by atoms with van der Waals surface area (Å²) in [5, 5.41) is 0.445. The van der Waals surface area contributed by atoms with Gasteiger partial charge in [0.1, 0.15) is 0 Å². The van der Waals surface area contributed by atoms with Gasteiger partial charge in [0.05, 0.1) is 0 Å². The average Bonchev–Trinajstić information content (AvgIpc) is 2.45. The van der Waals surface area contributed by atoms with Gasteiger partial charge in [0.2, 0.25) is 0 Å². The molecular weight excluding hydrogens is 162 g/mol. The minimum atomic E-state index is 0.445. The summed E-state index contributed by atoms with van der Waals surface area (Å²) in [5.41, 5.74) is 1.74. The third kappa shape index (κ3) is 0.886. The van der Waals surface area contributed by atoms with Crippen molar-refractivity contribution in [2.24, 2.45) is 0 Å². The van der Waals surface area contributed by atoms with Crippen LogP contribution in [0, 0.1) is 6.92 Å². The number of nitrogens with zero attached hydrogens (tertiary/aromatic N) is 3. The van der Waals surface area contributed by atoms with Gasteiger partial charge in [-0.15, -0.1) is 0 Å². The molecule has 2 aromatic heterocycles. The molecule has 2 rings (SSSR count). The predicted molar refractivity (Wildman–Crippen MR) is 42.7 cm³/mol. The highest BCUT2D eigenvalue weighted by atomic mass is 35.5. The van der Waals surface area contributed by atoms with Gasteiger partial charge >= 0.3 is 0 Å². The number of imidazole rings is 1. The van der Waals surface area contributed by atoms with Crippen LogP contribution in [0.5, 0.6) is 0 Å². The van der Waals surface area contributed by atoms with Gasteiger partial charge < -0.3 is 4.40 Å². The van der Waals surface area contributed by atoms with Gasteiger partial charge in [-0.2, -0.15) is 0 Å². The van der Waals surface area contributed by atoms with Crippen LogP contribution in [0.2, 0.25) is 5.15 Å². The molecule has 0 N–H and O–H groups in total. The number of aromatic nitrogens is 3. The molecule has 0 saturated carbocycles. The molecule has 0 atom stereocenters. The zero-order chi connectivity index (χ0) is 7.84. The van der Waals surface area contributed by atoms with E-state index < -0.39 is 0 Å². The maximum absolute atomic E-state index is 5.78. The number of hydrogen-bond donors (Lipinski definition) is 0. The van der Waals surface area contributed by atoms with E-state index in [4.69, 9.17) is 11.6 Å². The third-order valence-corrected chi connectivity index (χ3v) is 1.84. The van der Waals surface area contributed by atoms with Crippen LogP contribution in [0.1, 0.15) is 5.69 Å². The lowest BCUT2D eigenvalue weighted by molar-refractivity contribution is 1.05. The Balaban J connectivity index is 2.96. The molecule has 2 aromatic rings. The molecule has 0 saturated heterocycles. The molecule has 2 heterocycles. The molecule has 0 amide bonds. The van der Waals surface area contributed by atoms with E-state index in [0.717, 1.165) is 5.69 Å². The van der Waals surface area contributed by atoms with Gasteiger partial charge in [0.15, 0.2) is 10.8 Å². The van der Waals surface area contributed by atoms with Gasteiger partial charge in [0.25, 0.3) is 0 Å². The quantitative estimate of drug-likeness (QED) is 0.598. The van der Waals surface area contributed by atoms with Crippen LogP contribution in [-0.2, 0) is 0 Å². The van der Waals surface area contributed by atoms with Crippen LogP contribution >= 0.6 is 11.6 Å². The smallest absolute Gasteiger partial charge is 0.175 e. The Morgan fingerprint density at radius 2 is 2.27 bits per heavy atom. The van der Waals surface area contributed by atoms with Crippen molar-refractivity contribution in [3.63, 3.8) is 0 Å². The van der Waals surface area contributed by atoms with E-state index in [2.05, 4.69) is 9.97 Å². The minimum Gasteiger partial charge on any atom is -0.300 e. The Kier molecular flexibility index (Phi) is 1.32. The molecule has 56 valence electrons. The second-order valence-electron chi connectivity index (χ2n) is 2.31. The summed E-state index contributed by atoms with van der Waals surface area (Å²) < 4.78 is 1.90. The zero-order valence-electron chi connectivity index (χ0n) is 5.95. The van der Waals surface area contributed by atoms with Crippen molar-refractivity contribution in [2.75, 3.05) is 0 Å². The van der Waals surface area contributed by atoms with E-state index in [-0.39, 0.29) is 0 Å². The van der Waals surface area contributed by atoms with E-state index in [1.54, 1.807) is 12.4 Å². The molecule has 0 aliphatic carbocycles. The summed E-state index contributed by atoms with van der Waals surface area (Å²) in [4.78, 5) is 8.01. The molecule has 0 aliphatic rings. The average molecular weight is 168 g/mol. The normalized spacial score (nSPS) is 10.7. The van der Waals surface area contributed by atoms with E-state index in [9.17, 15) is 0 Å². The number of fused-ring (bicyclic) bond motifs is 1. The van der Waals surface area contributed by atoms with Crippen LogP contribution in [0.25, 0.3) is 5.65 Å². The first kappa shape index (κ1) is 6.61. The molecule has 0 bridgehead atoms. The van der Waals surface area contributed by atoms with Crippen LogP contribution in [0.3, 0.4) is 0 Å². The van der Waals surface area contributed by atoms with Crippen LogP contribution in [-0.4, -0.2) is 14.4 Å². The van der Waals surface area contributed by atoms with E-state index in [1.165, 1.54) is 0 Å². The summed E-state index contributed by atoms with van der Waals surface area (Å²) in [6.07, 6.45) is 5.28. The topological polar surface area (TPSA) is 30.2 Å². The monoisotopic (exact) mass is 167 g/mol. The lowest BCUT2D eigenvalue weighted by Crippen LogP contribution is -1.91. The van der Waals surface area contributed by atoms with Crippen molar-refractivity contribution in [1.29, 1.82) is 0 Å². The summed E-state index contributed by atoms with van der Waals surface area (Å²) in [6, 6.07) is 0. The fourth-order valence-electron chi connectivity index (χ4n) is 1.01. The second kappa shape index (κ2) is 2.20. The molecule has 0 aromatic carbocycles. The largest absolute Gasteiger partial charge is 0.300 e. The highest BCUT2D eigenvalue weighted by molar-refractivity contribution is 6.32. The summed E-state index contributed by atoms with van der Waals surface area (Å²) in [6.45, 7) is 1.96. The van der Waals surface area contributed by atoms with E-state index in [1.807, 2.05) is 17.5 Å². The zero-order valence-corrected chi connectivity index (χ0v) is 6.71. The molecule has 0 aliphatic heterocycles. The van der Waals surface area contributed by atoms with Gasteiger partial charge in [-0.1, -0.05) is 11.6 Å². The molecule has 3 nitrogen and oxygen atoms in total. The predicted octanol–water partition coefficient (Wildman–Crippen LogP) is 1.69. The summed E-state index contributed by atoms with van der Waals surface area (Å²) >= 11 is 5.78. The van der Waals surface area contributed by atoms with Gasteiger partial charge in [-0.25, -0.2) is 9.97 Å². The van der Waals surface area contributed by atoms with Crippen molar-refractivity contribution in [1.82, 2.24) is 14.4 Å². The Morgan fingerprint density at radius 3 is 3.00 bits per heavy atom. The van der Waals surface area contributed by atoms with Crippen molar-refractivity contribution < 1.29 is 0 Å².